The molecule has 0 bridgehead atoms. The third-order valence-electron chi connectivity index (χ3n) is 4.67. The van der Waals surface area contributed by atoms with Gasteiger partial charge in [-0.2, -0.15) is 5.10 Å². The van der Waals surface area contributed by atoms with Gasteiger partial charge in [-0.25, -0.2) is 4.68 Å². The monoisotopic (exact) mass is 398 g/mol. The summed E-state index contributed by atoms with van der Waals surface area (Å²) in [5.41, 5.74) is 2.76. The molecule has 0 aliphatic heterocycles. The number of nitrogens with zero attached hydrogens (tertiary/aromatic N) is 2. The van der Waals surface area contributed by atoms with Gasteiger partial charge in [0.15, 0.2) is 0 Å². The Balaban J connectivity index is 2.06. The van der Waals surface area contributed by atoms with Crippen molar-refractivity contribution in [3.8, 4) is 5.69 Å². The van der Waals surface area contributed by atoms with Crippen LogP contribution in [0.4, 0.5) is 5.82 Å². The van der Waals surface area contributed by atoms with E-state index in [4.69, 9.17) is 5.10 Å². The second-order valence-corrected chi connectivity index (χ2v) is 8.52. The van der Waals surface area contributed by atoms with Crippen molar-refractivity contribution in [1.82, 2.24) is 15.1 Å². The van der Waals surface area contributed by atoms with Gasteiger partial charge in [-0.15, -0.1) is 0 Å². The van der Waals surface area contributed by atoms with Crippen molar-refractivity contribution in [2.45, 2.75) is 72.1 Å². The number of benzene rings is 1. The molecule has 1 aromatic heterocycles. The maximum absolute atomic E-state index is 12.5. The Morgan fingerprint density at radius 2 is 1.79 bits per heavy atom. The number of aromatic nitrogens is 2. The van der Waals surface area contributed by atoms with Crippen molar-refractivity contribution < 1.29 is 9.59 Å². The zero-order chi connectivity index (χ0) is 21.4. The molecular formula is C23H34N4O2. The molecule has 2 aromatic rings. The van der Waals surface area contributed by atoms with E-state index in [1.807, 2.05) is 37.3 Å². The normalized spacial score (nSPS) is 11.3. The Kier molecular flexibility index (Phi) is 8.00. The van der Waals surface area contributed by atoms with Crippen LogP contribution in [0.25, 0.3) is 5.69 Å². The Bertz CT molecular complexity index is 834. The quantitative estimate of drug-likeness (QED) is 0.611. The SMILES string of the molecule is CCCCCNC(=O)CCC(=O)Nc1cc(C(C)(C)C)nn1-c1cccc(C)c1. The molecule has 1 heterocycles. The average molecular weight is 399 g/mol. The van der Waals surface area contributed by atoms with Gasteiger partial charge in [0.1, 0.15) is 5.82 Å². The molecule has 29 heavy (non-hydrogen) atoms. The maximum Gasteiger partial charge on any atom is 0.226 e. The van der Waals surface area contributed by atoms with Gasteiger partial charge >= 0.3 is 0 Å². The fraction of sp³-hybridized carbons (Fsp3) is 0.522. The molecule has 2 amide bonds. The van der Waals surface area contributed by atoms with Crippen molar-refractivity contribution in [2.75, 3.05) is 11.9 Å². The third-order valence-corrected chi connectivity index (χ3v) is 4.67. The molecule has 6 nitrogen and oxygen atoms in total. The molecule has 0 aliphatic rings. The van der Waals surface area contributed by atoms with E-state index in [0.29, 0.717) is 12.4 Å². The number of anilines is 1. The summed E-state index contributed by atoms with van der Waals surface area (Å²) < 4.78 is 1.76. The largest absolute Gasteiger partial charge is 0.356 e. The van der Waals surface area contributed by atoms with Gasteiger partial charge in [0.2, 0.25) is 11.8 Å². The summed E-state index contributed by atoms with van der Waals surface area (Å²) in [6, 6.07) is 9.89. The molecule has 0 aliphatic carbocycles. The highest BCUT2D eigenvalue weighted by atomic mass is 16.2. The second-order valence-electron chi connectivity index (χ2n) is 8.52. The fourth-order valence-corrected chi connectivity index (χ4v) is 2.92. The summed E-state index contributed by atoms with van der Waals surface area (Å²) in [6.45, 7) is 11.1. The Hall–Kier alpha value is -2.63. The summed E-state index contributed by atoms with van der Waals surface area (Å²) in [4.78, 5) is 24.4. The van der Waals surface area contributed by atoms with Gasteiger partial charge in [0.05, 0.1) is 11.4 Å². The van der Waals surface area contributed by atoms with E-state index in [1.54, 1.807) is 4.68 Å². The lowest BCUT2D eigenvalue weighted by Gasteiger charge is -2.14. The van der Waals surface area contributed by atoms with Gasteiger partial charge < -0.3 is 10.6 Å². The van der Waals surface area contributed by atoms with Crippen LogP contribution < -0.4 is 10.6 Å². The Morgan fingerprint density at radius 1 is 1.07 bits per heavy atom. The molecule has 0 spiro atoms. The highest BCUT2D eigenvalue weighted by molar-refractivity contribution is 5.92. The number of carbonyl (C=O) groups excluding carboxylic acids is 2. The van der Waals surface area contributed by atoms with E-state index in [9.17, 15) is 9.59 Å². The first-order valence-electron chi connectivity index (χ1n) is 10.4. The first kappa shape index (κ1) is 22.7. The van der Waals surface area contributed by atoms with Crippen LogP contribution in [-0.2, 0) is 15.0 Å². The Morgan fingerprint density at radius 3 is 2.45 bits per heavy atom. The van der Waals surface area contributed by atoms with Crippen LogP contribution in [0, 0.1) is 6.92 Å². The topological polar surface area (TPSA) is 76.0 Å². The fourth-order valence-electron chi connectivity index (χ4n) is 2.92. The van der Waals surface area contributed by atoms with E-state index in [0.717, 1.165) is 36.2 Å². The Labute approximate surface area is 174 Å². The van der Waals surface area contributed by atoms with Gasteiger partial charge in [-0.1, -0.05) is 52.7 Å². The minimum Gasteiger partial charge on any atom is -0.356 e. The van der Waals surface area contributed by atoms with Crippen LogP contribution in [0.2, 0.25) is 0 Å². The predicted octanol–water partition coefficient (Wildman–Crippen LogP) is 4.50. The van der Waals surface area contributed by atoms with Crippen LogP contribution >= 0.6 is 0 Å². The van der Waals surface area contributed by atoms with Gasteiger partial charge in [0.25, 0.3) is 0 Å². The first-order chi connectivity index (χ1) is 13.7. The summed E-state index contributed by atoms with van der Waals surface area (Å²) >= 11 is 0. The highest BCUT2D eigenvalue weighted by Gasteiger charge is 2.21. The molecule has 0 radical (unpaired) electrons. The summed E-state index contributed by atoms with van der Waals surface area (Å²) in [5.74, 6) is 0.343. The summed E-state index contributed by atoms with van der Waals surface area (Å²) in [7, 11) is 0. The molecule has 0 saturated heterocycles. The number of aryl methyl sites for hydroxylation is 1. The highest BCUT2D eigenvalue weighted by Crippen LogP contribution is 2.26. The minimum atomic E-state index is -0.192. The smallest absolute Gasteiger partial charge is 0.226 e. The standard InChI is InChI=1S/C23H34N4O2/c1-6-7-8-14-24-21(28)12-13-22(29)25-20-16-19(23(3,4)5)26-27(20)18-11-9-10-17(2)15-18/h9-11,15-16H,6-8,12-14H2,1-5H3,(H,24,28)(H,25,29). The molecule has 0 saturated carbocycles. The number of rotatable bonds is 9. The lowest BCUT2D eigenvalue weighted by molar-refractivity contribution is -0.124. The molecule has 2 rings (SSSR count). The predicted molar refractivity (Wildman–Crippen MR) is 117 cm³/mol. The number of hydrogen-bond acceptors (Lipinski definition) is 3. The van der Waals surface area contributed by atoms with Crippen LogP contribution in [-0.4, -0.2) is 28.1 Å². The number of carbonyl (C=O) groups is 2. The van der Waals surface area contributed by atoms with E-state index >= 15 is 0 Å². The average Bonchev–Trinajstić information content (AvgIpc) is 3.08. The van der Waals surface area contributed by atoms with E-state index in [1.165, 1.54) is 0 Å². The molecular weight excluding hydrogens is 364 g/mol. The molecule has 2 N–H and O–H groups in total. The maximum atomic E-state index is 12.5. The second kappa shape index (κ2) is 10.2. The molecule has 0 fully saturated rings. The number of hydrogen-bond donors (Lipinski definition) is 2. The zero-order valence-corrected chi connectivity index (χ0v) is 18.3. The first-order valence-corrected chi connectivity index (χ1v) is 10.4. The summed E-state index contributed by atoms with van der Waals surface area (Å²) in [6.07, 6.45) is 3.51. The number of amides is 2. The van der Waals surface area contributed by atoms with Crippen LogP contribution in [0.3, 0.4) is 0 Å². The van der Waals surface area contributed by atoms with Gasteiger partial charge in [-0.05, 0) is 31.0 Å². The molecule has 6 heteroatoms. The third kappa shape index (κ3) is 7.04. The van der Waals surface area contributed by atoms with Crippen LogP contribution in [0.15, 0.2) is 30.3 Å². The number of nitrogens with one attached hydrogen (secondary N) is 2. The van der Waals surface area contributed by atoms with Crippen LogP contribution in [0.1, 0.15) is 71.1 Å². The van der Waals surface area contributed by atoms with Gasteiger partial charge in [0, 0.05) is 30.9 Å². The lowest BCUT2D eigenvalue weighted by Crippen LogP contribution is -2.26. The lowest BCUT2D eigenvalue weighted by atomic mass is 9.92. The van der Waals surface area contributed by atoms with Gasteiger partial charge in [-0.3, -0.25) is 9.59 Å². The van der Waals surface area contributed by atoms with E-state index in [2.05, 4.69) is 38.3 Å². The van der Waals surface area contributed by atoms with Crippen molar-refractivity contribution in [3.05, 3.63) is 41.6 Å². The van der Waals surface area contributed by atoms with Crippen molar-refractivity contribution in [2.24, 2.45) is 0 Å². The van der Waals surface area contributed by atoms with Crippen molar-refractivity contribution in [3.63, 3.8) is 0 Å². The molecule has 0 atom stereocenters. The van der Waals surface area contributed by atoms with Crippen molar-refractivity contribution in [1.29, 1.82) is 0 Å². The molecule has 158 valence electrons. The van der Waals surface area contributed by atoms with Crippen LogP contribution in [0.5, 0.6) is 0 Å². The molecule has 0 unspecified atom stereocenters. The van der Waals surface area contributed by atoms with Crippen molar-refractivity contribution >= 4 is 17.6 Å². The summed E-state index contributed by atoms with van der Waals surface area (Å²) in [5, 5.41) is 10.5. The van der Waals surface area contributed by atoms with E-state index in [-0.39, 0.29) is 30.1 Å². The zero-order valence-electron chi connectivity index (χ0n) is 18.3. The minimum absolute atomic E-state index is 0.0844. The van der Waals surface area contributed by atoms with E-state index < -0.39 is 0 Å². The molecule has 1 aromatic carbocycles. The number of unbranched alkanes of at least 4 members (excludes halogenated alkanes) is 2.